The second-order valence-corrected chi connectivity index (χ2v) is 6.89. The maximum atomic E-state index is 13.3. The van der Waals surface area contributed by atoms with Gasteiger partial charge in [0.15, 0.2) is 0 Å². The number of carbonyl (C=O) groups excluding carboxylic acids is 1. The van der Waals surface area contributed by atoms with Gasteiger partial charge in [-0.1, -0.05) is 6.07 Å². The molecule has 0 atom stereocenters. The number of anilines is 3. The summed E-state index contributed by atoms with van der Waals surface area (Å²) in [7, 11) is 2.05. The predicted octanol–water partition coefficient (Wildman–Crippen LogP) is 4.30. The Morgan fingerprint density at radius 2 is 1.97 bits per heavy atom. The van der Waals surface area contributed by atoms with E-state index in [9.17, 15) is 9.18 Å². The first kappa shape index (κ1) is 18.7. The molecule has 2 aromatic carbocycles. The van der Waals surface area contributed by atoms with Crippen LogP contribution < -0.4 is 15.5 Å². The van der Waals surface area contributed by atoms with Crippen LogP contribution in [0.1, 0.15) is 11.3 Å². The minimum Gasteiger partial charge on any atom is -0.374 e. The first-order valence-electron chi connectivity index (χ1n) is 9.39. The average molecular weight is 388 g/mol. The van der Waals surface area contributed by atoms with Gasteiger partial charge < -0.3 is 15.5 Å². The van der Waals surface area contributed by atoms with Crippen molar-refractivity contribution in [1.82, 2.24) is 4.98 Å². The molecule has 2 heterocycles. The van der Waals surface area contributed by atoms with Gasteiger partial charge in [-0.25, -0.2) is 4.39 Å². The molecule has 0 fully saturated rings. The van der Waals surface area contributed by atoms with Crippen molar-refractivity contribution < 1.29 is 9.18 Å². The van der Waals surface area contributed by atoms with Crippen LogP contribution in [0.2, 0.25) is 0 Å². The van der Waals surface area contributed by atoms with Crippen LogP contribution in [0, 0.1) is 5.82 Å². The Labute approximate surface area is 168 Å². The van der Waals surface area contributed by atoms with Crippen LogP contribution in [0.15, 0.2) is 73.1 Å². The van der Waals surface area contributed by atoms with E-state index in [0.717, 1.165) is 30.0 Å². The van der Waals surface area contributed by atoms with Crippen LogP contribution in [0.5, 0.6) is 0 Å². The third kappa shape index (κ3) is 4.27. The van der Waals surface area contributed by atoms with Gasteiger partial charge in [0.05, 0.1) is 11.3 Å². The second kappa shape index (κ2) is 8.14. The molecule has 0 unspecified atom stereocenters. The van der Waals surface area contributed by atoms with Crippen molar-refractivity contribution in [3.63, 3.8) is 0 Å². The number of fused-ring (bicyclic) bond motifs is 1. The summed E-state index contributed by atoms with van der Waals surface area (Å²) in [6.07, 6.45) is 4.33. The number of benzene rings is 2. The number of hydrogen-bond donors (Lipinski definition) is 2. The number of nitrogens with one attached hydrogen (secondary N) is 2. The zero-order chi connectivity index (χ0) is 20.2. The Balaban J connectivity index is 1.40. The number of carbonyl (C=O) groups is 1. The molecule has 3 aromatic rings. The Bertz CT molecular complexity index is 1050. The van der Waals surface area contributed by atoms with Crippen molar-refractivity contribution >= 4 is 28.5 Å². The number of amides is 1. The van der Waals surface area contributed by atoms with Crippen LogP contribution in [0.3, 0.4) is 0 Å². The van der Waals surface area contributed by atoms with Gasteiger partial charge in [-0.3, -0.25) is 9.78 Å². The van der Waals surface area contributed by atoms with E-state index >= 15 is 0 Å². The molecule has 5 nitrogen and oxygen atoms in total. The van der Waals surface area contributed by atoms with E-state index in [1.165, 1.54) is 12.1 Å². The van der Waals surface area contributed by atoms with Crippen LogP contribution in [-0.4, -0.2) is 24.5 Å². The fraction of sp³-hybridized carbons (Fsp3) is 0.130. The molecule has 29 heavy (non-hydrogen) atoms. The molecule has 146 valence electrons. The quantitative estimate of drug-likeness (QED) is 0.618. The van der Waals surface area contributed by atoms with Gasteiger partial charge in [0.1, 0.15) is 5.82 Å². The molecule has 0 saturated heterocycles. The second-order valence-electron chi connectivity index (χ2n) is 6.89. The largest absolute Gasteiger partial charge is 0.374 e. The topological polar surface area (TPSA) is 57.3 Å². The lowest BCUT2D eigenvalue weighted by Crippen LogP contribution is -2.20. The van der Waals surface area contributed by atoms with Crippen LogP contribution in [0.4, 0.5) is 21.5 Å². The summed E-state index contributed by atoms with van der Waals surface area (Å²) in [4.78, 5) is 18.7. The molecule has 2 N–H and O–H groups in total. The van der Waals surface area contributed by atoms with Gasteiger partial charge in [-0.05, 0) is 54.6 Å². The highest BCUT2D eigenvalue weighted by Crippen LogP contribution is 2.32. The molecule has 0 spiro atoms. The van der Waals surface area contributed by atoms with Crippen molar-refractivity contribution in [2.24, 2.45) is 0 Å². The lowest BCUT2D eigenvalue weighted by Gasteiger charge is -2.19. The smallest absolute Gasteiger partial charge is 0.257 e. The average Bonchev–Trinajstić information content (AvgIpc) is 3.05. The molecular formula is C23H21FN4O. The summed E-state index contributed by atoms with van der Waals surface area (Å²) in [5, 5.41) is 5.83. The van der Waals surface area contributed by atoms with E-state index in [1.807, 2.05) is 55.7 Å². The summed E-state index contributed by atoms with van der Waals surface area (Å²) >= 11 is 0. The van der Waals surface area contributed by atoms with Gasteiger partial charge in [0.25, 0.3) is 5.91 Å². The third-order valence-corrected chi connectivity index (χ3v) is 4.89. The normalized spacial score (nSPS) is 13.9. The number of halogens is 1. The highest BCUT2D eigenvalue weighted by Gasteiger charge is 2.24. The SMILES string of the molecule is CN(CCc1ccccn1)c1ccc(NC=C2C(=O)Nc3cc(F)ccc32)cc1. The van der Waals surface area contributed by atoms with E-state index in [2.05, 4.69) is 20.5 Å². The number of likely N-dealkylation sites (N-methyl/N-ethyl adjacent to an activating group) is 1. The monoisotopic (exact) mass is 388 g/mol. The van der Waals surface area contributed by atoms with Crippen molar-refractivity contribution in [3.8, 4) is 0 Å². The van der Waals surface area contributed by atoms with Crippen molar-refractivity contribution in [3.05, 3.63) is 90.1 Å². The fourth-order valence-electron chi connectivity index (χ4n) is 3.24. The molecule has 0 saturated carbocycles. The summed E-state index contributed by atoms with van der Waals surface area (Å²) in [6, 6.07) is 18.2. The zero-order valence-corrected chi connectivity index (χ0v) is 16.0. The molecule has 1 amide bonds. The summed E-state index contributed by atoms with van der Waals surface area (Å²) in [5.41, 5.74) is 4.69. The van der Waals surface area contributed by atoms with Crippen LogP contribution in [-0.2, 0) is 11.2 Å². The summed E-state index contributed by atoms with van der Waals surface area (Å²) in [5.74, 6) is -0.620. The van der Waals surface area contributed by atoms with Crippen molar-refractivity contribution in [1.29, 1.82) is 0 Å². The fourth-order valence-corrected chi connectivity index (χ4v) is 3.24. The van der Waals surface area contributed by atoms with Crippen LogP contribution in [0.25, 0.3) is 5.57 Å². The maximum absolute atomic E-state index is 13.3. The van der Waals surface area contributed by atoms with Gasteiger partial charge in [-0.2, -0.15) is 0 Å². The Kier molecular flexibility index (Phi) is 5.24. The first-order valence-corrected chi connectivity index (χ1v) is 9.39. The number of aromatic nitrogens is 1. The number of nitrogens with zero attached hydrogens (tertiary/aromatic N) is 2. The molecule has 1 aliphatic rings. The van der Waals surface area contributed by atoms with Gasteiger partial charge in [-0.15, -0.1) is 0 Å². The number of pyridine rings is 1. The van der Waals surface area contributed by atoms with Crippen molar-refractivity contribution in [2.45, 2.75) is 6.42 Å². The number of rotatable bonds is 6. The van der Waals surface area contributed by atoms with Gasteiger partial charge in [0, 0.05) is 55.0 Å². The molecule has 1 aromatic heterocycles. The summed E-state index contributed by atoms with van der Waals surface area (Å²) in [6.45, 7) is 0.862. The van der Waals surface area contributed by atoms with E-state index in [0.29, 0.717) is 16.8 Å². The van der Waals surface area contributed by atoms with Crippen LogP contribution >= 0.6 is 0 Å². The molecule has 1 aliphatic heterocycles. The van der Waals surface area contributed by atoms with E-state index in [1.54, 1.807) is 12.3 Å². The van der Waals surface area contributed by atoms with Crippen molar-refractivity contribution in [2.75, 3.05) is 29.1 Å². The number of hydrogen-bond acceptors (Lipinski definition) is 4. The molecule has 0 aliphatic carbocycles. The minimum atomic E-state index is -0.374. The predicted molar refractivity (Wildman–Crippen MR) is 114 cm³/mol. The zero-order valence-electron chi connectivity index (χ0n) is 16.0. The third-order valence-electron chi connectivity index (χ3n) is 4.89. The Morgan fingerprint density at radius 1 is 1.14 bits per heavy atom. The Hall–Kier alpha value is -3.67. The molecule has 4 rings (SSSR count). The van der Waals surface area contributed by atoms with Gasteiger partial charge in [0.2, 0.25) is 0 Å². The highest BCUT2D eigenvalue weighted by atomic mass is 19.1. The van der Waals surface area contributed by atoms with Gasteiger partial charge >= 0.3 is 0 Å². The molecule has 6 heteroatoms. The molecular weight excluding hydrogens is 367 g/mol. The van der Waals surface area contributed by atoms with E-state index in [-0.39, 0.29) is 11.7 Å². The highest BCUT2D eigenvalue weighted by molar-refractivity contribution is 6.31. The van der Waals surface area contributed by atoms with E-state index in [4.69, 9.17) is 0 Å². The maximum Gasteiger partial charge on any atom is 0.257 e. The summed E-state index contributed by atoms with van der Waals surface area (Å²) < 4.78 is 13.3. The van der Waals surface area contributed by atoms with E-state index < -0.39 is 0 Å². The lowest BCUT2D eigenvalue weighted by atomic mass is 10.1. The lowest BCUT2D eigenvalue weighted by molar-refractivity contribution is -0.110. The Morgan fingerprint density at radius 3 is 2.72 bits per heavy atom. The standard InChI is InChI=1S/C23H21FN4O/c1-28(13-11-17-4-2-3-12-25-17)19-8-6-18(7-9-19)26-15-21-20-10-5-16(24)14-22(20)27-23(21)29/h2-10,12,14-15,26H,11,13H2,1H3,(H,27,29). The first-order chi connectivity index (χ1) is 14.1. The molecule has 0 radical (unpaired) electrons. The minimum absolute atomic E-state index is 0.246. The molecule has 0 bridgehead atoms.